The molecule has 1 aromatic heterocycles. The third-order valence-electron chi connectivity index (χ3n) is 3.42. The van der Waals surface area contributed by atoms with Gasteiger partial charge in [0.15, 0.2) is 0 Å². The molecule has 1 unspecified atom stereocenters. The average Bonchev–Trinajstić information content (AvgIpc) is 2.38. The molecule has 1 aliphatic rings. The SMILES string of the molecule is Cc1cc(C)c(C#N)c(N2CCCCC2C=O)n1. The molecule has 0 saturated carbocycles. The van der Waals surface area contributed by atoms with Crippen LogP contribution in [0.25, 0.3) is 0 Å². The first kappa shape index (κ1) is 12.6. The first-order valence-electron chi connectivity index (χ1n) is 6.27. The Bertz CT molecular complexity index is 504. The minimum atomic E-state index is -0.139. The molecule has 4 heteroatoms. The second kappa shape index (κ2) is 5.18. The van der Waals surface area contributed by atoms with Crippen LogP contribution >= 0.6 is 0 Å². The van der Waals surface area contributed by atoms with Gasteiger partial charge in [0.05, 0.1) is 11.6 Å². The van der Waals surface area contributed by atoms with Crippen molar-refractivity contribution in [3.05, 3.63) is 22.9 Å². The number of hydrogen-bond acceptors (Lipinski definition) is 4. The first-order chi connectivity index (χ1) is 8.67. The number of aldehydes is 1. The van der Waals surface area contributed by atoms with Gasteiger partial charge >= 0.3 is 0 Å². The highest BCUT2D eigenvalue weighted by atomic mass is 16.1. The summed E-state index contributed by atoms with van der Waals surface area (Å²) in [6, 6.07) is 3.98. The number of carbonyl (C=O) groups excluding carboxylic acids is 1. The Labute approximate surface area is 107 Å². The lowest BCUT2D eigenvalue weighted by Gasteiger charge is -2.34. The molecular formula is C14H17N3O. The first-order valence-corrected chi connectivity index (χ1v) is 6.27. The summed E-state index contributed by atoms with van der Waals surface area (Å²) in [6.07, 6.45) is 3.93. The fourth-order valence-corrected chi connectivity index (χ4v) is 2.52. The smallest absolute Gasteiger partial charge is 0.147 e. The number of aromatic nitrogens is 1. The number of rotatable bonds is 2. The van der Waals surface area contributed by atoms with Gasteiger partial charge in [-0.25, -0.2) is 4.98 Å². The van der Waals surface area contributed by atoms with Crippen molar-refractivity contribution in [2.75, 3.05) is 11.4 Å². The number of piperidine rings is 1. The van der Waals surface area contributed by atoms with Gasteiger partial charge in [-0.2, -0.15) is 5.26 Å². The molecule has 0 amide bonds. The van der Waals surface area contributed by atoms with E-state index < -0.39 is 0 Å². The molecule has 2 rings (SSSR count). The number of nitrogens with zero attached hydrogens (tertiary/aromatic N) is 3. The summed E-state index contributed by atoms with van der Waals surface area (Å²) in [7, 11) is 0. The maximum Gasteiger partial charge on any atom is 0.147 e. The van der Waals surface area contributed by atoms with Crippen LogP contribution in [0.1, 0.15) is 36.1 Å². The van der Waals surface area contributed by atoms with Crippen LogP contribution in [0, 0.1) is 25.2 Å². The molecule has 0 spiro atoms. The van der Waals surface area contributed by atoms with E-state index in [2.05, 4.69) is 11.1 Å². The molecule has 1 fully saturated rings. The molecule has 1 atom stereocenters. The molecule has 1 saturated heterocycles. The highest BCUT2D eigenvalue weighted by molar-refractivity contribution is 5.68. The largest absolute Gasteiger partial charge is 0.346 e. The zero-order valence-corrected chi connectivity index (χ0v) is 10.8. The predicted molar refractivity (Wildman–Crippen MR) is 69.5 cm³/mol. The van der Waals surface area contributed by atoms with E-state index in [1.807, 2.05) is 24.8 Å². The van der Waals surface area contributed by atoms with Crippen LogP contribution < -0.4 is 4.90 Å². The number of hydrogen-bond donors (Lipinski definition) is 0. The lowest BCUT2D eigenvalue weighted by atomic mass is 10.0. The summed E-state index contributed by atoms with van der Waals surface area (Å²) in [5.74, 6) is 0.673. The fourth-order valence-electron chi connectivity index (χ4n) is 2.52. The normalized spacial score (nSPS) is 19.4. The molecule has 4 nitrogen and oxygen atoms in total. The van der Waals surface area contributed by atoms with Crippen molar-refractivity contribution in [3.63, 3.8) is 0 Å². The van der Waals surface area contributed by atoms with E-state index in [1.54, 1.807) is 0 Å². The zero-order chi connectivity index (χ0) is 13.1. The second-order valence-electron chi connectivity index (χ2n) is 4.78. The molecule has 0 bridgehead atoms. The maximum atomic E-state index is 11.2. The molecule has 2 heterocycles. The van der Waals surface area contributed by atoms with Crippen molar-refractivity contribution < 1.29 is 4.79 Å². The summed E-state index contributed by atoms with van der Waals surface area (Å²) in [4.78, 5) is 17.6. The fraction of sp³-hybridized carbons (Fsp3) is 0.500. The van der Waals surface area contributed by atoms with Crippen LogP contribution in [-0.2, 0) is 4.79 Å². The van der Waals surface area contributed by atoms with Gasteiger partial charge in [0, 0.05) is 12.2 Å². The average molecular weight is 243 g/mol. The number of pyridine rings is 1. The zero-order valence-electron chi connectivity index (χ0n) is 10.8. The Morgan fingerprint density at radius 3 is 2.94 bits per heavy atom. The van der Waals surface area contributed by atoms with Gasteiger partial charge in [0.1, 0.15) is 18.2 Å². The molecule has 18 heavy (non-hydrogen) atoms. The van der Waals surface area contributed by atoms with E-state index in [9.17, 15) is 10.1 Å². The molecule has 1 aromatic rings. The van der Waals surface area contributed by atoms with Crippen molar-refractivity contribution in [3.8, 4) is 6.07 Å². The lowest BCUT2D eigenvalue weighted by molar-refractivity contribution is -0.109. The van der Waals surface area contributed by atoms with Crippen molar-refractivity contribution in [2.24, 2.45) is 0 Å². The van der Waals surface area contributed by atoms with E-state index in [0.29, 0.717) is 11.4 Å². The molecule has 1 aliphatic heterocycles. The Balaban J connectivity index is 2.49. The predicted octanol–water partition coefficient (Wildman–Crippen LogP) is 2.13. The third kappa shape index (κ3) is 2.21. The van der Waals surface area contributed by atoms with Crippen LogP contribution in [0.4, 0.5) is 5.82 Å². The minimum Gasteiger partial charge on any atom is -0.346 e. The van der Waals surface area contributed by atoms with E-state index in [0.717, 1.165) is 43.4 Å². The van der Waals surface area contributed by atoms with E-state index in [1.165, 1.54) is 0 Å². The van der Waals surface area contributed by atoms with Gasteiger partial charge in [-0.3, -0.25) is 0 Å². The Kier molecular flexibility index (Phi) is 3.61. The van der Waals surface area contributed by atoms with Gasteiger partial charge in [-0.1, -0.05) is 0 Å². The van der Waals surface area contributed by atoms with Gasteiger partial charge in [-0.05, 0) is 44.7 Å². The van der Waals surface area contributed by atoms with E-state index in [4.69, 9.17) is 0 Å². The van der Waals surface area contributed by atoms with Crippen LogP contribution in [0.3, 0.4) is 0 Å². The number of anilines is 1. The number of carbonyl (C=O) groups is 1. The molecule has 0 radical (unpaired) electrons. The summed E-state index contributed by atoms with van der Waals surface area (Å²) < 4.78 is 0. The van der Waals surface area contributed by atoms with Crippen LogP contribution in [0.5, 0.6) is 0 Å². The maximum absolute atomic E-state index is 11.2. The lowest BCUT2D eigenvalue weighted by Crippen LogP contribution is -2.41. The van der Waals surface area contributed by atoms with Gasteiger partial charge in [0.25, 0.3) is 0 Å². The topological polar surface area (TPSA) is 57.0 Å². The number of aryl methyl sites for hydroxylation is 2. The summed E-state index contributed by atoms with van der Waals surface area (Å²) in [6.45, 7) is 4.63. The molecular weight excluding hydrogens is 226 g/mol. The Morgan fingerprint density at radius 2 is 2.28 bits per heavy atom. The van der Waals surface area contributed by atoms with Crippen LogP contribution in [0.2, 0.25) is 0 Å². The highest BCUT2D eigenvalue weighted by Gasteiger charge is 2.25. The molecule has 94 valence electrons. The molecule has 0 N–H and O–H groups in total. The summed E-state index contributed by atoms with van der Waals surface area (Å²) in [5, 5.41) is 9.27. The summed E-state index contributed by atoms with van der Waals surface area (Å²) in [5.41, 5.74) is 2.40. The van der Waals surface area contributed by atoms with Crippen molar-refractivity contribution in [1.29, 1.82) is 5.26 Å². The standard InChI is InChI=1S/C14H17N3O/c1-10-7-11(2)16-14(13(10)8-15)17-6-4-3-5-12(17)9-18/h7,9,12H,3-6H2,1-2H3. The quantitative estimate of drug-likeness (QED) is 0.747. The second-order valence-corrected chi connectivity index (χ2v) is 4.78. The Hall–Kier alpha value is -1.89. The third-order valence-corrected chi connectivity index (χ3v) is 3.42. The minimum absolute atomic E-state index is 0.139. The van der Waals surface area contributed by atoms with Crippen LogP contribution in [-0.4, -0.2) is 23.9 Å². The van der Waals surface area contributed by atoms with Gasteiger partial charge in [-0.15, -0.1) is 0 Å². The molecule has 0 aromatic carbocycles. The van der Waals surface area contributed by atoms with Gasteiger partial charge < -0.3 is 9.69 Å². The Morgan fingerprint density at radius 1 is 1.50 bits per heavy atom. The number of nitriles is 1. The summed E-state index contributed by atoms with van der Waals surface area (Å²) >= 11 is 0. The monoisotopic (exact) mass is 243 g/mol. The van der Waals surface area contributed by atoms with E-state index in [-0.39, 0.29) is 6.04 Å². The van der Waals surface area contributed by atoms with Gasteiger partial charge in [0.2, 0.25) is 0 Å². The van der Waals surface area contributed by atoms with Crippen molar-refractivity contribution in [2.45, 2.75) is 39.2 Å². The van der Waals surface area contributed by atoms with Crippen LogP contribution in [0.15, 0.2) is 6.07 Å². The van der Waals surface area contributed by atoms with Crippen molar-refractivity contribution in [1.82, 2.24) is 4.98 Å². The highest BCUT2D eigenvalue weighted by Crippen LogP contribution is 2.27. The van der Waals surface area contributed by atoms with E-state index >= 15 is 0 Å². The van der Waals surface area contributed by atoms with Crippen molar-refractivity contribution >= 4 is 12.1 Å². The molecule has 0 aliphatic carbocycles.